The van der Waals surface area contributed by atoms with Gasteiger partial charge < -0.3 is 30.3 Å². The Morgan fingerprint density at radius 1 is 0.708 bits per heavy atom. The van der Waals surface area contributed by atoms with Gasteiger partial charge in [-0.1, -0.05) is 6.92 Å². The van der Waals surface area contributed by atoms with Crippen LogP contribution in [0.3, 0.4) is 0 Å². The molecule has 0 unspecified atom stereocenters. The van der Waals surface area contributed by atoms with Crippen LogP contribution in [0.2, 0.25) is 0 Å². The van der Waals surface area contributed by atoms with Crippen LogP contribution in [0, 0.1) is 5.92 Å². The van der Waals surface area contributed by atoms with Crippen LogP contribution in [0.5, 0.6) is 0 Å². The molecule has 0 heterocycles. The quantitative estimate of drug-likeness (QED) is 0.0389. The number of rotatable bonds is 29. The molecule has 276 valence electrons. The molecular weight excluding hydrogens is 686 g/mol. The van der Waals surface area contributed by atoms with Crippen molar-refractivity contribution in [2.45, 2.75) is 77.2 Å². The summed E-state index contributed by atoms with van der Waals surface area (Å²) in [6.45, 7) is 1.34. The second-order valence-electron chi connectivity index (χ2n) is 10.6. The third-order valence-electron chi connectivity index (χ3n) is 6.38. The van der Waals surface area contributed by atoms with Gasteiger partial charge in [0.15, 0.2) is 5.78 Å². The molecular formula is C27H45N3O16S2. The van der Waals surface area contributed by atoms with Gasteiger partial charge in [0.25, 0.3) is 10.1 Å². The number of nitrogens with one attached hydrogen (secondary N) is 3. The fourth-order valence-electron chi connectivity index (χ4n) is 3.83. The summed E-state index contributed by atoms with van der Waals surface area (Å²) in [4.78, 5) is 82.1. The molecule has 3 amide bonds. The molecule has 6 N–H and O–H groups in total. The van der Waals surface area contributed by atoms with E-state index in [1.54, 1.807) is 11.6 Å². The number of Topliss-reactive ketones (excluding diaryl/α,β-unsaturated/α-hetero) is 2. The van der Waals surface area contributed by atoms with E-state index in [1.807, 2.05) is 0 Å². The highest BCUT2D eigenvalue weighted by Gasteiger charge is 2.25. The highest BCUT2D eigenvalue weighted by molar-refractivity contribution is 7.90. The van der Waals surface area contributed by atoms with Crippen LogP contribution in [0.25, 0.3) is 0 Å². The van der Waals surface area contributed by atoms with Crippen LogP contribution in [0.1, 0.15) is 71.1 Å². The summed E-state index contributed by atoms with van der Waals surface area (Å²) in [7, 11) is -8.31. The smallest absolute Gasteiger partial charge is 0.326 e. The number of ketones is 2. The lowest BCUT2D eigenvalue weighted by atomic mass is 9.97. The number of hydrogen-bond acceptors (Lipinski definition) is 13. The number of carbonyl (C=O) groups is 7. The van der Waals surface area contributed by atoms with E-state index in [1.165, 1.54) is 0 Å². The fourth-order valence-corrected chi connectivity index (χ4v) is 5.41. The lowest BCUT2D eigenvalue weighted by Crippen LogP contribution is -2.41. The number of carboxylic acids is 2. The Morgan fingerprint density at radius 2 is 1.33 bits per heavy atom. The average Bonchev–Trinajstić information content (AvgIpc) is 2.96. The summed E-state index contributed by atoms with van der Waals surface area (Å²) in [5, 5.41) is 23.4. The number of ether oxygens (including phenoxy) is 2. The molecule has 0 rings (SSSR count). The predicted molar refractivity (Wildman–Crippen MR) is 166 cm³/mol. The van der Waals surface area contributed by atoms with Gasteiger partial charge in [-0.15, -0.1) is 0 Å². The SMILES string of the molecule is CCC(=O)CC[C@@H](NC(=O)CC[C@H](CC(=O)COCCOCCNC(=O)CCCS(=O)(=O)NC(=O)CCCS(=O)(=O)O)C(=O)O)C(=O)O. The van der Waals surface area contributed by atoms with Gasteiger partial charge in [0, 0.05) is 45.1 Å². The second-order valence-corrected chi connectivity index (χ2v) is 14.0. The molecule has 0 aliphatic carbocycles. The highest BCUT2D eigenvalue weighted by Crippen LogP contribution is 2.13. The maximum Gasteiger partial charge on any atom is 0.326 e. The summed E-state index contributed by atoms with van der Waals surface area (Å²) >= 11 is 0. The predicted octanol–water partition coefficient (Wildman–Crippen LogP) is -1.20. The minimum atomic E-state index is -4.27. The molecule has 0 bridgehead atoms. The first-order valence-corrected chi connectivity index (χ1v) is 18.3. The van der Waals surface area contributed by atoms with E-state index < -0.39 is 98.5 Å². The topological polar surface area (TPSA) is 303 Å². The van der Waals surface area contributed by atoms with Gasteiger partial charge in [-0.05, 0) is 25.7 Å². The van der Waals surface area contributed by atoms with Crippen LogP contribution >= 0.6 is 0 Å². The zero-order valence-corrected chi connectivity index (χ0v) is 28.3. The fraction of sp³-hybridized carbons (Fsp3) is 0.741. The average molecular weight is 732 g/mol. The Kier molecular flexibility index (Phi) is 22.0. The van der Waals surface area contributed by atoms with Gasteiger partial charge in [0.1, 0.15) is 18.4 Å². The zero-order chi connectivity index (χ0) is 36.8. The molecule has 0 aromatic carbocycles. The molecule has 0 saturated carbocycles. The lowest BCUT2D eigenvalue weighted by Gasteiger charge is -2.15. The number of aliphatic carboxylic acids is 2. The van der Waals surface area contributed by atoms with Crippen LogP contribution in [0.15, 0.2) is 0 Å². The first-order chi connectivity index (χ1) is 22.3. The molecule has 2 atom stereocenters. The Labute approximate surface area is 278 Å². The number of sulfonamides is 1. The Morgan fingerprint density at radius 3 is 1.94 bits per heavy atom. The van der Waals surface area contributed by atoms with Gasteiger partial charge in [-0.2, -0.15) is 8.42 Å². The molecule has 0 aromatic rings. The minimum Gasteiger partial charge on any atom is -0.481 e. The van der Waals surface area contributed by atoms with Crippen molar-refractivity contribution in [3.8, 4) is 0 Å². The minimum absolute atomic E-state index is 0.0292. The summed E-state index contributed by atoms with van der Waals surface area (Å²) in [6, 6.07) is -1.30. The largest absolute Gasteiger partial charge is 0.481 e. The number of hydrogen-bond donors (Lipinski definition) is 6. The third-order valence-corrected chi connectivity index (χ3v) is 8.55. The molecule has 0 aromatic heterocycles. The molecule has 0 radical (unpaired) electrons. The summed E-state index contributed by atoms with van der Waals surface area (Å²) in [6.07, 6.45) is -1.87. The maximum atomic E-state index is 12.2. The van der Waals surface area contributed by atoms with Crippen molar-refractivity contribution in [3.05, 3.63) is 0 Å². The van der Waals surface area contributed by atoms with E-state index in [9.17, 15) is 60.6 Å². The standard InChI is InChI=1S/C27H45N3O16S2/c1-2-20(31)8-9-22(27(38)39)29-24(34)10-7-19(26(36)37)17-21(32)18-46-14-13-45-12-11-28-23(33)5-3-15-47(40,41)30-25(35)6-4-16-48(42,43)44/h19,22H,2-18H2,1H3,(H,28,33)(H,29,34)(H,30,35)(H,36,37)(H,38,39)(H,42,43,44)/t19-,22-/m1/s1. The van der Waals surface area contributed by atoms with Gasteiger partial charge in [-0.25, -0.2) is 13.2 Å². The lowest BCUT2D eigenvalue weighted by molar-refractivity contribution is -0.145. The third kappa shape index (κ3) is 24.6. The number of carboxylic acid groups (broad SMARTS) is 2. The van der Waals surface area contributed by atoms with E-state index in [-0.39, 0.29) is 83.5 Å². The van der Waals surface area contributed by atoms with E-state index >= 15 is 0 Å². The van der Waals surface area contributed by atoms with Crippen molar-refractivity contribution in [2.75, 3.05) is 44.5 Å². The van der Waals surface area contributed by atoms with E-state index in [4.69, 9.17) is 14.0 Å². The monoisotopic (exact) mass is 731 g/mol. The van der Waals surface area contributed by atoms with Gasteiger partial charge in [0.2, 0.25) is 27.7 Å². The highest BCUT2D eigenvalue weighted by atomic mass is 32.2. The number of amides is 3. The second kappa shape index (κ2) is 23.7. The van der Waals surface area contributed by atoms with Gasteiger partial charge in [0.05, 0.1) is 37.2 Å². The number of carbonyl (C=O) groups excluding carboxylic acids is 5. The Hall–Kier alpha value is -3.53. The van der Waals surface area contributed by atoms with Crippen LogP contribution < -0.4 is 15.4 Å². The first kappa shape index (κ1) is 44.5. The Balaban J connectivity index is 4.14. The molecule has 0 spiro atoms. The summed E-state index contributed by atoms with van der Waals surface area (Å²) in [5.74, 6) is -7.93. The molecule has 0 fully saturated rings. The van der Waals surface area contributed by atoms with Crippen LogP contribution in [0.4, 0.5) is 0 Å². The first-order valence-electron chi connectivity index (χ1n) is 15.0. The molecule has 0 aliphatic rings. The van der Waals surface area contributed by atoms with E-state index in [0.29, 0.717) is 0 Å². The van der Waals surface area contributed by atoms with Crippen LogP contribution in [-0.2, 0) is 63.2 Å². The van der Waals surface area contributed by atoms with E-state index in [0.717, 1.165) is 0 Å². The normalized spacial score (nSPS) is 12.8. The van der Waals surface area contributed by atoms with Crippen molar-refractivity contribution >= 4 is 61.4 Å². The van der Waals surface area contributed by atoms with Gasteiger partial charge >= 0.3 is 11.9 Å². The molecule has 0 saturated heterocycles. The molecule has 21 heteroatoms. The Bertz CT molecular complexity index is 1320. The molecule has 0 aliphatic heterocycles. The zero-order valence-electron chi connectivity index (χ0n) is 26.6. The van der Waals surface area contributed by atoms with Crippen molar-refractivity contribution in [1.29, 1.82) is 0 Å². The summed E-state index contributed by atoms with van der Waals surface area (Å²) in [5.41, 5.74) is 0. The maximum absolute atomic E-state index is 12.2. The summed E-state index contributed by atoms with van der Waals surface area (Å²) < 4.78 is 65.8. The van der Waals surface area contributed by atoms with Crippen molar-refractivity contribution in [1.82, 2.24) is 15.4 Å². The van der Waals surface area contributed by atoms with Crippen LogP contribution in [-0.4, -0.2) is 123 Å². The molecule has 19 nitrogen and oxygen atoms in total. The van der Waals surface area contributed by atoms with Crippen molar-refractivity contribution in [2.24, 2.45) is 5.92 Å². The van der Waals surface area contributed by atoms with Gasteiger partial charge in [-0.3, -0.25) is 38.0 Å². The molecule has 48 heavy (non-hydrogen) atoms. The van der Waals surface area contributed by atoms with Crippen molar-refractivity contribution in [3.63, 3.8) is 0 Å². The van der Waals surface area contributed by atoms with E-state index in [2.05, 4.69) is 10.6 Å². The van der Waals surface area contributed by atoms with Crippen molar-refractivity contribution < 1.29 is 74.6 Å².